The summed E-state index contributed by atoms with van der Waals surface area (Å²) in [5, 5.41) is 10.5. The van der Waals surface area contributed by atoms with E-state index in [1.54, 1.807) is 13.8 Å². The lowest BCUT2D eigenvalue weighted by Gasteiger charge is -2.25. The highest BCUT2D eigenvalue weighted by atomic mass is 35.5. The Morgan fingerprint density at radius 1 is 1.43 bits per heavy atom. The number of rotatable bonds is 6. The number of nitro benzene ring substituents is 1. The molecule has 0 aliphatic heterocycles. The maximum atomic E-state index is 12.5. The predicted octanol–water partition coefficient (Wildman–Crippen LogP) is 2.03. The van der Waals surface area contributed by atoms with Crippen LogP contribution in [-0.4, -0.2) is 36.8 Å². The molecule has 7 nitrogen and oxygen atoms in total. The Kier molecular flexibility index (Phi) is 7.55. The van der Waals surface area contributed by atoms with Crippen molar-refractivity contribution in [2.24, 2.45) is 5.73 Å². The van der Waals surface area contributed by atoms with Gasteiger partial charge in [0.1, 0.15) is 4.90 Å². The largest absolute Gasteiger partial charge is 0.329 e. The standard InChI is InChI=1S/C11H16ClN3O4S.ClH/c1-8(2)14(6-5-13)20(18,19)11-4-3-9(15(16)17)7-10(11)12;/h3-4,7-8H,5-6,13H2,1-2H3;1H. The van der Waals surface area contributed by atoms with Gasteiger partial charge in [0.25, 0.3) is 5.69 Å². The Balaban J connectivity index is 0.00000400. The number of sulfonamides is 1. The van der Waals surface area contributed by atoms with Gasteiger partial charge in [0, 0.05) is 31.3 Å². The molecule has 0 saturated heterocycles. The molecule has 0 aliphatic carbocycles. The van der Waals surface area contributed by atoms with Crippen molar-refractivity contribution in [3.05, 3.63) is 33.3 Å². The lowest BCUT2D eigenvalue weighted by molar-refractivity contribution is -0.384. The molecule has 0 aromatic heterocycles. The van der Waals surface area contributed by atoms with Gasteiger partial charge in [0.05, 0.1) is 9.95 Å². The smallest absolute Gasteiger partial charge is 0.271 e. The molecule has 10 heteroatoms. The van der Waals surface area contributed by atoms with Crippen LogP contribution in [0.4, 0.5) is 5.69 Å². The van der Waals surface area contributed by atoms with Gasteiger partial charge in [-0.25, -0.2) is 8.42 Å². The second-order valence-corrected chi connectivity index (χ2v) is 6.64. The van der Waals surface area contributed by atoms with Gasteiger partial charge < -0.3 is 5.73 Å². The summed E-state index contributed by atoms with van der Waals surface area (Å²) in [6, 6.07) is 2.98. The number of nitrogens with two attached hydrogens (primary N) is 1. The van der Waals surface area contributed by atoms with Crippen LogP contribution in [0.2, 0.25) is 5.02 Å². The van der Waals surface area contributed by atoms with E-state index in [0.717, 1.165) is 18.2 Å². The van der Waals surface area contributed by atoms with Gasteiger partial charge in [-0.1, -0.05) is 11.6 Å². The van der Waals surface area contributed by atoms with Crippen molar-refractivity contribution in [3.63, 3.8) is 0 Å². The van der Waals surface area contributed by atoms with Crippen molar-refractivity contribution in [1.82, 2.24) is 4.31 Å². The first-order valence-electron chi connectivity index (χ1n) is 5.87. The highest BCUT2D eigenvalue weighted by molar-refractivity contribution is 7.89. The van der Waals surface area contributed by atoms with E-state index in [0.29, 0.717) is 0 Å². The second kappa shape index (κ2) is 7.90. The van der Waals surface area contributed by atoms with Crippen molar-refractivity contribution >= 4 is 39.7 Å². The van der Waals surface area contributed by atoms with Crippen LogP contribution in [0, 0.1) is 10.1 Å². The van der Waals surface area contributed by atoms with Crippen molar-refractivity contribution < 1.29 is 13.3 Å². The fourth-order valence-corrected chi connectivity index (χ4v) is 3.89. The SMILES string of the molecule is CC(C)N(CCN)S(=O)(=O)c1ccc([N+](=O)[O-])cc1Cl.Cl. The molecule has 0 bridgehead atoms. The molecule has 0 fully saturated rings. The Morgan fingerprint density at radius 2 is 2.00 bits per heavy atom. The number of hydrogen-bond donors (Lipinski definition) is 1. The molecule has 0 spiro atoms. The van der Waals surface area contributed by atoms with Gasteiger partial charge in [-0.15, -0.1) is 12.4 Å². The van der Waals surface area contributed by atoms with Crippen LogP contribution < -0.4 is 5.73 Å². The number of benzene rings is 1. The van der Waals surface area contributed by atoms with E-state index in [4.69, 9.17) is 17.3 Å². The van der Waals surface area contributed by atoms with Crippen LogP contribution in [0.1, 0.15) is 13.8 Å². The Morgan fingerprint density at radius 3 is 2.38 bits per heavy atom. The zero-order chi connectivity index (χ0) is 15.5. The Hall–Kier alpha value is -0.930. The summed E-state index contributed by atoms with van der Waals surface area (Å²) < 4.78 is 26.2. The molecule has 0 aliphatic rings. The monoisotopic (exact) mass is 357 g/mol. The van der Waals surface area contributed by atoms with Crippen LogP contribution in [0.3, 0.4) is 0 Å². The van der Waals surface area contributed by atoms with Crippen LogP contribution in [-0.2, 0) is 10.0 Å². The molecule has 1 aromatic rings. The first-order chi connectivity index (χ1) is 9.21. The number of non-ortho nitro benzene ring substituents is 1. The Labute approximate surface area is 134 Å². The van der Waals surface area contributed by atoms with Crippen LogP contribution >= 0.6 is 24.0 Å². The molecular formula is C11H17Cl2N3O4S. The van der Waals surface area contributed by atoms with E-state index in [2.05, 4.69) is 0 Å². The summed E-state index contributed by atoms with van der Waals surface area (Å²) in [4.78, 5) is 9.83. The molecule has 0 unspecified atom stereocenters. The van der Waals surface area contributed by atoms with Gasteiger partial charge >= 0.3 is 0 Å². The molecule has 0 heterocycles. The normalized spacial score (nSPS) is 11.5. The van der Waals surface area contributed by atoms with E-state index in [1.807, 2.05) is 0 Å². The molecule has 0 saturated carbocycles. The van der Waals surface area contributed by atoms with Crippen LogP contribution in [0.5, 0.6) is 0 Å². The van der Waals surface area contributed by atoms with Crippen LogP contribution in [0.15, 0.2) is 23.1 Å². The van der Waals surface area contributed by atoms with Gasteiger partial charge in [0.2, 0.25) is 10.0 Å². The second-order valence-electron chi connectivity index (χ2n) is 4.37. The summed E-state index contributed by atoms with van der Waals surface area (Å²) in [5.74, 6) is 0. The molecule has 21 heavy (non-hydrogen) atoms. The third-order valence-electron chi connectivity index (χ3n) is 2.64. The molecular weight excluding hydrogens is 341 g/mol. The van der Waals surface area contributed by atoms with E-state index in [9.17, 15) is 18.5 Å². The molecule has 1 aromatic carbocycles. The lowest BCUT2D eigenvalue weighted by Crippen LogP contribution is -2.40. The fourth-order valence-electron chi connectivity index (χ4n) is 1.72. The summed E-state index contributed by atoms with van der Waals surface area (Å²) in [6.45, 7) is 3.74. The Bertz CT molecular complexity index is 607. The highest BCUT2D eigenvalue weighted by Crippen LogP contribution is 2.29. The molecule has 0 atom stereocenters. The van der Waals surface area contributed by atoms with E-state index in [1.165, 1.54) is 4.31 Å². The van der Waals surface area contributed by atoms with E-state index >= 15 is 0 Å². The highest BCUT2D eigenvalue weighted by Gasteiger charge is 2.29. The fraction of sp³-hybridized carbons (Fsp3) is 0.455. The minimum atomic E-state index is -3.84. The maximum Gasteiger partial charge on any atom is 0.271 e. The lowest BCUT2D eigenvalue weighted by atomic mass is 10.3. The summed E-state index contributed by atoms with van der Waals surface area (Å²) in [5.41, 5.74) is 5.16. The minimum absolute atomic E-state index is 0. The first-order valence-corrected chi connectivity index (χ1v) is 7.69. The zero-order valence-electron chi connectivity index (χ0n) is 11.5. The van der Waals surface area contributed by atoms with Gasteiger partial charge in [-0.05, 0) is 19.9 Å². The maximum absolute atomic E-state index is 12.5. The van der Waals surface area contributed by atoms with E-state index < -0.39 is 14.9 Å². The zero-order valence-corrected chi connectivity index (χ0v) is 13.9. The summed E-state index contributed by atoms with van der Waals surface area (Å²) in [6.07, 6.45) is 0. The van der Waals surface area contributed by atoms with Crippen molar-refractivity contribution in [1.29, 1.82) is 0 Å². The van der Waals surface area contributed by atoms with Crippen molar-refractivity contribution in [2.75, 3.05) is 13.1 Å². The molecule has 0 radical (unpaired) electrons. The number of nitrogens with zero attached hydrogens (tertiary/aromatic N) is 2. The molecule has 2 N–H and O–H groups in total. The average molecular weight is 358 g/mol. The van der Waals surface area contributed by atoms with Gasteiger partial charge in [0.15, 0.2) is 0 Å². The van der Waals surface area contributed by atoms with Gasteiger partial charge in [-0.2, -0.15) is 4.31 Å². The molecule has 120 valence electrons. The molecule has 0 amide bonds. The third-order valence-corrected chi connectivity index (χ3v) is 5.20. The number of hydrogen-bond acceptors (Lipinski definition) is 5. The van der Waals surface area contributed by atoms with Crippen molar-refractivity contribution in [2.45, 2.75) is 24.8 Å². The van der Waals surface area contributed by atoms with Crippen LogP contribution in [0.25, 0.3) is 0 Å². The first kappa shape index (κ1) is 20.1. The summed E-state index contributed by atoms with van der Waals surface area (Å²) >= 11 is 5.87. The average Bonchev–Trinajstić information content (AvgIpc) is 2.34. The minimum Gasteiger partial charge on any atom is -0.329 e. The van der Waals surface area contributed by atoms with Crippen molar-refractivity contribution in [3.8, 4) is 0 Å². The quantitative estimate of drug-likeness (QED) is 0.619. The topological polar surface area (TPSA) is 107 Å². The molecule has 1 rings (SSSR count). The summed E-state index contributed by atoms with van der Waals surface area (Å²) in [7, 11) is -3.84. The van der Waals surface area contributed by atoms with Gasteiger partial charge in [-0.3, -0.25) is 10.1 Å². The number of halogens is 2. The predicted molar refractivity (Wildman–Crippen MR) is 83.4 cm³/mol. The number of nitro groups is 1. The third kappa shape index (κ3) is 4.52. The van der Waals surface area contributed by atoms with E-state index in [-0.39, 0.29) is 47.1 Å².